The van der Waals surface area contributed by atoms with Gasteiger partial charge in [0.1, 0.15) is 5.75 Å². The van der Waals surface area contributed by atoms with Crippen LogP contribution in [0, 0.1) is 0 Å². The molecule has 6 nitrogen and oxygen atoms in total. The highest BCUT2D eigenvalue weighted by molar-refractivity contribution is 6.03. The molecule has 2 N–H and O–H groups in total. The number of hydrogen-bond donors (Lipinski definition) is 2. The molecule has 3 atom stereocenters. The van der Waals surface area contributed by atoms with E-state index in [-0.39, 0.29) is 24.6 Å². The summed E-state index contributed by atoms with van der Waals surface area (Å²) in [4.78, 5) is 16.9. The average molecular weight is 368 g/mol. The maximum Gasteiger partial charge on any atom is 0.244 e. The normalized spacial score (nSPS) is 23.1. The monoisotopic (exact) mass is 368 g/mol. The highest BCUT2D eigenvalue weighted by Gasteiger charge is 2.50. The highest BCUT2D eigenvalue weighted by atomic mass is 16.5. The van der Waals surface area contributed by atoms with Crippen LogP contribution in [0.15, 0.2) is 48.5 Å². The smallest absolute Gasteiger partial charge is 0.244 e. The van der Waals surface area contributed by atoms with Crippen molar-refractivity contribution in [2.45, 2.75) is 24.6 Å². The first-order valence-corrected chi connectivity index (χ1v) is 9.22. The first-order chi connectivity index (χ1) is 13.1. The summed E-state index contributed by atoms with van der Waals surface area (Å²) in [7, 11) is 1.61. The third-order valence-corrected chi connectivity index (χ3v) is 5.47. The number of fused-ring (bicyclic) bond motifs is 2. The fourth-order valence-electron chi connectivity index (χ4n) is 4.20. The molecule has 2 aliphatic heterocycles. The number of aliphatic hydroxyl groups excluding tert-OH is 2. The standard InChI is InChI=1S/C21H24N2O4/c1-27-20-8-7-15(14-5-3-2-4-6-14)9-18(20)23-16-10-19(21(23)26)22(11-16)12-17(25)13-24/h2-9,16-17,19,24-25H,10-13H2,1H3/t16-,17+,19-/m0/s1. The van der Waals surface area contributed by atoms with Gasteiger partial charge in [0.15, 0.2) is 0 Å². The summed E-state index contributed by atoms with van der Waals surface area (Å²) in [5, 5.41) is 18.8. The number of carbonyl (C=O) groups is 1. The summed E-state index contributed by atoms with van der Waals surface area (Å²) in [5.74, 6) is 0.706. The fraction of sp³-hybridized carbons (Fsp3) is 0.381. The Morgan fingerprint density at radius 2 is 1.96 bits per heavy atom. The van der Waals surface area contributed by atoms with E-state index >= 15 is 0 Å². The summed E-state index contributed by atoms with van der Waals surface area (Å²) in [6.45, 7) is 0.712. The van der Waals surface area contributed by atoms with Gasteiger partial charge in [-0.15, -0.1) is 0 Å². The van der Waals surface area contributed by atoms with Gasteiger partial charge < -0.3 is 19.8 Å². The highest BCUT2D eigenvalue weighted by Crippen LogP contribution is 2.41. The molecule has 0 aliphatic carbocycles. The molecule has 4 rings (SSSR count). The molecule has 0 unspecified atom stereocenters. The number of carbonyl (C=O) groups excluding carboxylic acids is 1. The SMILES string of the molecule is COc1ccc(-c2ccccc2)cc1N1C(=O)[C@@H]2C[C@H]1CN2C[C@@H](O)CO. The lowest BCUT2D eigenvalue weighted by atomic mass is 10.0. The van der Waals surface area contributed by atoms with E-state index < -0.39 is 6.10 Å². The molecule has 0 radical (unpaired) electrons. The Labute approximate surface area is 158 Å². The number of nitrogens with zero attached hydrogens (tertiary/aromatic N) is 2. The van der Waals surface area contributed by atoms with Crippen molar-refractivity contribution < 1.29 is 19.7 Å². The van der Waals surface area contributed by atoms with E-state index in [2.05, 4.69) is 0 Å². The number of aliphatic hydroxyl groups is 2. The third kappa shape index (κ3) is 3.20. The molecule has 1 amide bonds. The number of piperazine rings is 1. The molecule has 2 aromatic rings. The third-order valence-electron chi connectivity index (χ3n) is 5.47. The topological polar surface area (TPSA) is 73.2 Å². The van der Waals surface area contributed by atoms with Gasteiger partial charge in [-0.25, -0.2) is 0 Å². The largest absolute Gasteiger partial charge is 0.495 e. The second-order valence-corrected chi connectivity index (χ2v) is 7.16. The number of anilines is 1. The van der Waals surface area contributed by atoms with E-state index in [4.69, 9.17) is 9.84 Å². The zero-order valence-corrected chi connectivity index (χ0v) is 15.3. The molecule has 2 bridgehead atoms. The number of β-amino-alcohol motifs (C(OH)–C–C–N with tert-alkyl or cyclic N) is 1. The summed E-state index contributed by atoms with van der Waals surface area (Å²) in [6.07, 6.45) is -0.0862. The fourth-order valence-corrected chi connectivity index (χ4v) is 4.20. The van der Waals surface area contributed by atoms with E-state index in [1.54, 1.807) is 7.11 Å². The minimum atomic E-state index is -0.818. The van der Waals surface area contributed by atoms with Gasteiger partial charge in [-0.05, 0) is 29.7 Å². The van der Waals surface area contributed by atoms with Crippen LogP contribution < -0.4 is 9.64 Å². The van der Waals surface area contributed by atoms with Crippen molar-refractivity contribution in [2.24, 2.45) is 0 Å². The minimum Gasteiger partial charge on any atom is -0.495 e. The number of methoxy groups -OCH3 is 1. The van der Waals surface area contributed by atoms with Gasteiger partial charge in [0, 0.05) is 13.1 Å². The Bertz CT molecular complexity index is 826. The van der Waals surface area contributed by atoms with E-state index in [1.807, 2.05) is 58.3 Å². The number of hydrogen-bond acceptors (Lipinski definition) is 5. The first kappa shape index (κ1) is 18.0. The lowest BCUT2D eigenvalue weighted by molar-refractivity contribution is -0.123. The summed E-state index contributed by atoms with van der Waals surface area (Å²) < 4.78 is 5.53. The Hall–Kier alpha value is -2.41. The molecule has 2 fully saturated rings. The second-order valence-electron chi connectivity index (χ2n) is 7.16. The van der Waals surface area contributed by atoms with Crippen molar-refractivity contribution in [2.75, 3.05) is 31.7 Å². The lowest BCUT2D eigenvalue weighted by Gasteiger charge is -2.35. The van der Waals surface area contributed by atoms with Gasteiger partial charge in [0.2, 0.25) is 5.91 Å². The predicted molar refractivity (Wildman–Crippen MR) is 103 cm³/mol. The number of amides is 1. The number of rotatable bonds is 6. The lowest BCUT2D eigenvalue weighted by Crippen LogP contribution is -2.52. The molecule has 27 heavy (non-hydrogen) atoms. The number of likely N-dealkylation sites (tertiary alicyclic amines) is 1. The molecule has 0 aromatic heterocycles. The molecule has 2 aromatic carbocycles. The molecule has 6 heteroatoms. The van der Waals surface area contributed by atoms with Gasteiger partial charge >= 0.3 is 0 Å². The molecular formula is C21H24N2O4. The van der Waals surface area contributed by atoms with Crippen LogP contribution in [0.3, 0.4) is 0 Å². The van der Waals surface area contributed by atoms with E-state index in [1.165, 1.54) is 0 Å². The van der Waals surface area contributed by atoms with Crippen LogP contribution in [0.5, 0.6) is 5.75 Å². The van der Waals surface area contributed by atoms with Gasteiger partial charge in [0.25, 0.3) is 0 Å². The van der Waals surface area contributed by atoms with Crippen LogP contribution in [0.4, 0.5) is 5.69 Å². The molecule has 0 spiro atoms. The van der Waals surface area contributed by atoms with Crippen molar-refractivity contribution in [3.63, 3.8) is 0 Å². The van der Waals surface area contributed by atoms with E-state index in [0.717, 1.165) is 23.2 Å². The van der Waals surface area contributed by atoms with Crippen LogP contribution in [0.1, 0.15) is 6.42 Å². The summed E-state index contributed by atoms with van der Waals surface area (Å²) in [6, 6.07) is 15.8. The van der Waals surface area contributed by atoms with Crippen LogP contribution in [-0.4, -0.2) is 66.0 Å². The zero-order chi connectivity index (χ0) is 19.0. The van der Waals surface area contributed by atoms with Gasteiger partial charge in [-0.1, -0.05) is 36.4 Å². The van der Waals surface area contributed by atoms with Crippen molar-refractivity contribution >= 4 is 11.6 Å². The van der Waals surface area contributed by atoms with E-state index in [9.17, 15) is 9.90 Å². The maximum absolute atomic E-state index is 13.0. The molecule has 142 valence electrons. The Balaban J connectivity index is 1.63. The van der Waals surface area contributed by atoms with Gasteiger partial charge in [-0.3, -0.25) is 9.69 Å². The van der Waals surface area contributed by atoms with Gasteiger partial charge in [0.05, 0.1) is 37.6 Å². The van der Waals surface area contributed by atoms with Crippen molar-refractivity contribution in [3.05, 3.63) is 48.5 Å². The maximum atomic E-state index is 13.0. The van der Waals surface area contributed by atoms with E-state index in [0.29, 0.717) is 18.8 Å². The Morgan fingerprint density at radius 3 is 2.63 bits per heavy atom. The van der Waals surface area contributed by atoms with Crippen LogP contribution >= 0.6 is 0 Å². The zero-order valence-electron chi connectivity index (χ0n) is 15.3. The molecule has 2 saturated heterocycles. The summed E-state index contributed by atoms with van der Waals surface area (Å²) in [5.41, 5.74) is 2.92. The Kier molecular flexibility index (Phi) is 4.86. The predicted octanol–water partition coefficient (Wildman–Crippen LogP) is 1.50. The quantitative estimate of drug-likeness (QED) is 0.809. The van der Waals surface area contributed by atoms with Crippen molar-refractivity contribution in [1.82, 2.24) is 4.90 Å². The molecule has 2 heterocycles. The van der Waals surface area contributed by atoms with Crippen molar-refractivity contribution in [1.29, 1.82) is 0 Å². The summed E-state index contributed by atoms with van der Waals surface area (Å²) >= 11 is 0. The van der Waals surface area contributed by atoms with Crippen molar-refractivity contribution in [3.8, 4) is 16.9 Å². The molecule has 0 saturated carbocycles. The average Bonchev–Trinajstić information content (AvgIpc) is 3.25. The van der Waals surface area contributed by atoms with Gasteiger partial charge in [-0.2, -0.15) is 0 Å². The molecule has 2 aliphatic rings. The second kappa shape index (κ2) is 7.31. The van der Waals surface area contributed by atoms with Crippen LogP contribution in [0.2, 0.25) is 0 Å². The minimum absolute atomic E-state index is 0.0277. The molecular weight excluding hydrogens is 344 g/mol. The Morgan fingerprint density at radius 1 is 1.19 bits per heavy atom. The first-order valence-electron chi connectivity index (χ1n) is 9.22. The number of benzene rings is 2. The van der Waals surface area contributed by atoms with Crippen LogP contribution in [0.25, 0.3) is 11.1 Å². The van der Waals surface area contributed by atoms with Crippen LogP contribution in [-0.2, 0) is 4.79 Å². The number of ether oxygens (including phenoxy) is 1.